The van der Waals surface area contributed by atoms with Gasteiger partial charge in [0.05, 0.1) is 0 Å². The van der Waals surface area contributed by atoms with Crippen LogP contribution in [0.15, 0.2) is 0 Å². The normalized spacial score (nSPS) is 58.3. The van der Waals surface area contributed by atoms with Crippen LogP contribution in [0, 0.1) is 0 Å². The Hall–Kier alpha value is 0.917. The van der Waals surface area contributed by atoms with Crippen LogP contribution in [0.5, 0.6) is 0 Å². The number of hydrogen-bond donors (Lipinski definition) is 1. The fourth-order valence-electron chi connectivity index (χ4n) is 3.26. The van der Waals surface area contributed by atoms with E-state index in [2.05, 4.69) is 28.9 Å². The Morgan fingerprint density at radius 3 is 2.29 bits per heavy atom. The van der Waals surface area contributed by atoms with E-state index in [0.29, 0.717) is 0 Å². The Balaban J connectivity index is 2.00. The fraction of sp³-hybridized carbons (Fsp3) is 1.00. The second-order valence-electron chi connectivity index (χ2n) is 4.71. The van der Waals surface area contributed by atoms with Crippen molar-refractivity contribution >= 4 is 30.7 Å². The van der Waals surface area contributed by atoms with E-state index in [1.165, 1.54) is 24.3 Å². The van der Waals surface area contributed by atoms with E-state index in [1.807, 2.05) is 0 Å². The first-order chi connectivity index (χ1) is 6.50. The molecule has 5 nitrogen and oxygen atoms in total. The maximum absolute atomic E-state index is 6.16. The second kappa shape index (κ2) is 2.78. The number of rotatable bonds is 0. The first-order valence-corrected chi connectivity index (χ1v) is 10.1. The summed E-state index contributed by atoms with van der Waals surface area (Å²) in [7, 11) is 7.29. The van der Waals surface area contributed by atoms with Gasteiger partial charge in [-0.05, 0) is 0 Å². The Morgan fingerprint density at radius 2 is 1.64 bits per heavy atom. The molecule has 80 valence electrons. The Kier molecular flexibility index (Phi) is 2.00. The number of quaternary nitrogens is 2. The van der Waals surface area contributed by atoms with E-state index in [1.54, 1.807) is 0 Å². The van der Waals surface area contributed by atoms with E-state index in [4.69, 9.17) is 5.84 Å². The molecule has 0 aromatic heterocycles. The van der Waals surface area contributed by atoms with Crippen LogP contribution < -0.4 is 5.84 Å². The van der Waals surface area contributed by atoms with E-state index < -0.39 is 30.7 Å². The van der Waals surface area contributed by atoms with Gasteiger partial charge in [0.25, 0.3) is 0 Å². The van der Waals surface area contributed by atoms with Crippen molar-refractivity contribution in [3.8, 4) is 0 Å². The Bertz CT molecular complexity index is 249. The molecule has 7 heteroatoms. The summed E-state index contributed by atoms with van der Waals surface area (Å²) in [6.07, 6.45) is 0. The van der Waals surface area contributed by atoms with E-state index in [0.717, 1.165) is 6.54 Å². The summed E-state index contributed by atoms with van der Waals surface area (Å²) in [5.41, 5.74) is 0. The molecule has 4 atom stereocenters. The summed E-state index contributed by atoms with van der Waals surface area (Å²) in [6, 6.07) is 0. The second-order valence-corrected chi connectivity index (χ2v) is 19.8. The molecule has 2 N–H and O–H groups in total. The number of hydrogen-bond acceptors (Lipinski definition) is 3. The summed E-state index contributed by atoms with van der Waals surface area (Å²) < 4.78 is 7.75. The predicted octanol–water partition coefficient (Wildman–Crippen LogP) is -2.00. The Morgan fingerprint density at radius 1 is 1.07 bits per heavy atom. The molecule has 0 saturated carbocycles. The number of nitrogens with zero attached hydrogens (tertiary/aromatic N) is 4. The summed E-state index contributed by atoms with van der Waals surface area (Å²) >= 11 is -1.86. The minimum atomic E-state index is -1.00. The van der Waals surface area contributed by atoms with Gasteiger partial charge in [0.1, 0.15) is 0 Å². The minimum absolute atomic E-state index is 0.859. The average Bonchev–Trinajstić information content (AvgIpc) is 2.49. The van der Waals surface area contributed by atoms with Crippen LogP contribution in [0.3, 0.4) is 0 Å². The van der Waals surface area contributed by atoms with Crippen molar-refractivity contribution in [3.63, 3.8) is 0 Å². The molecule has 3 rings (SSSR count). The maximum atomic E-state index is 6.16. The quantitative estimate of drug-likeness (QED) is 0.413. The van der Waals surface area contributed by atoms with Crippen LogP contribution in [-0.4, -0.2) is 90.4 Å². The monoisotopic (exact) mass is 323 g/mol. The van der Waals surface area contributed by atoms with Crippen molar-refractivity contribution in [2.45, 2.75) is 0 Å². The molecule has 0 radical (unpaired) electrons. The molecule has 0 aromatic carbocycles. The molecule has 0 aromatic rings. The zero-order chi connectivity index (χ0) is 10.1. The molecule has 3 saturated heterocycles. The molecule has 3 fully saturated rings. The van der Waals surface area contributed by atoms with Gasteiger partial charge in [-0.1, -0.05) is 0 Å². The van der Waals surface area contributed by atoms with Gasteiger partial charge in [0, 0.05) is 0 Å². The first kappa shape index (κ1) is 10.1. The van der Waals surface area contributed by atoms with Crippen molar-refractivity contribution < 1.29 is 4.63 Å². The molecule has 0 spiro atoms. The van der Waals surface area contributed by atoms with Gasteiger partial charge in [-0.25, -0.2) is 0 Å². The van der Waals surface area contributed by atoms with Crippen LogP contribution in [-0.2, 0) is 0 Å². The SMILES string of the molecule is CN1CC[N+]2(C)[As]1[N+]1(C)CCN(N)[As]21. The first-order valence-electron chi connectivity index (χ1n) is 5.06. The van der Waals surface area contributed by atoms with Gasteiger partial charge in [-0.15, -0.1) is 0 Å². The van der Waals surface area contributed by atoms with Crippen LogP contribution in [0.2, 0.25) is 0 Å². The summed E-state index contributed by atoms with van der Waals surface area (Å²) in [6.45, 7) is 5.15. The molecule has 14 heavy (non-hydrogen) atoms. The Labute approximate surface area is 96.1 Å². The fourth-order valence-corrected chi connectivity index (χ4v) is 29.8. The third kappa shape index (κ3) is 0.909. The van der Waals surface area contributed by atoms with Gasteiger partial charge in [0.2, 0.25) is 0 Å². The standard InChI is InChI=1S/C7H19As2N5/c1-11-4-6-13(2)8(11)14(3)7-5-12(10)9(13)14/h4-7,10H2,1-3H3/q+2. The number of fused-ring (bicyclic) bond motifs is 4. The van der Waals surface area contributed by atoms with Crippen molar-refractivity contribution in [1.82, 2.24) is 7.74 Å². The third-order valence-electron chi connectivity index (χ3n) is 3.68. The number of likely N-dealkylation sites (N-methyl/N-ethyl adjacent to an activating group) is 3. The van der Waals surface area contributed by atoms with Crippen molar-refractivity contribution in [2.24, 2.45) is 5.84 Å². The van der Waals surface area contributed by atoms with Gasteiger partial charge in [-0.2, -0.15) is 0 Å². The molecule has 0 aliphatic carbocycles. The van der Waals surface area contributed by atoms with Crippen LogP contribution in [0.4, 0.5) is 0 Å². The average molecular weight is 323 g/mol. The summed E-state index contributed by atoms with van der Waals surface area (Å²) in [4.78, 5) is 0. The van der Waals surface area contributed by atoms with E-state index >= 15 is 0 Å². The van der Waals surface area contributed by atoms with Crippen LogP contribution in [0.25, 0.3) is 0 Å². The van der Waals surface area contributed by atoms with Crippen molar-refractivity contribution in [2.75, 3.05) is 47.3 Å². The van der Waals surface area contributed by atoms with Crippen LogP contribution in [0.1, 0.15) is 0 Å². The van der Waals surface area contributed by atoms with Gasteiger partial charge in [-0.3, -0.25) is 0 Å². The number of nitrogens with two attached hydrogens (primary N) is 1. The summed E-state index contributed by atoms with van der Waals surface area (Å²) in [5.74, 6) is 6.16. The van der Waals surface area contributed by atoms with Gasteiger partial charge in [0.15, 0.2) is 0 Å². The van der Waals surface area contributed by atoms with Crippen LogP contribution >= 0.6 is 0 Å². The molecule has 0 bridgehead atoms. The van der Waals surface area contributed by atoms with Gasteiger partial charge < -0.3 is 0 Å². The predicted molar refractivity (Wildman–Crippen MR) is 57.1 cm³/mol. The van der Waals surface area contributed by atoms with E-state index in [-0.39, 0.29) is 0 Å². The zero-order valence-electron chi connectivity index (χ0n) is 9.09. The number of hydrazine groups is 1. The molecule has 4 unspecified atom stereocenters. The zero-order valence-corrected chi connectivity index (χ0v) is 12.8. The third-order valence-corrected chi connectivity index (χ3v) is 21.9. The molecule has 3 heterocycles. The molecule has 0 amide bonds. The molecular formula is C7H19As2N5+2. The topological polar surface area (TPSA) is 32.5 Å². The van der Waals surface area contributed by atoms with Crippen molar-refractivity contribution in [3.05, 3.63) is 0 Å². The van der Waals surface area contributed by atoms with E-state index in [9.17, 15) is 0 Å². The molecule has 3 aliphatic rings. The molecule has 3 aliphatic heterocycles. The molecular weight excluding hydrogens is 304 g/mol. The van der Waals surface area contributed by atoms with Gasteiger partial charge >= 0.3 is 96.2 Å². The van der Waals surface area contributed by atoms with Crippen molar-refractivity contribution in [1.29, 1.82) is 0 Å². The summed E-state index contributed by atoms with van der Waals surface area (Å²) in [5, 5.41) is 0.